The van der Waals surface area contributed by atoms with Crippen molar-refractivity contribution in [2.45, 2.75) is 26.2 Å². The zero-order valence-electron chi connectivity index (χ0n) is 11.4. The van der Waals surface area contributed by atoms with E-state index in [1.54, 1.807) is 24.3 Å². The summed E-state index contributed by atoms with van der Waals surface area (Å²) >= 11 is 0. The maximum absolute atomic E-state index is 12.4. The number of rotatable bonds is 2. The molecule has 1 saturated carbocycles. The molecule has 0 bridgehead atoms. The number of hydrogen-bond acceptors (Lipinski definition) is 3. The van der Waals surface area contributed by atoms with Gasteiger partial charge in [0.15, 0.2) is 0 Å². The SMILES string of the molecule is CC1CC2C(=O)N(c3ccc(CC#N)cc3)C(=O)C2C1. The normalized spacial score (nSPS) is 28.6. The molecule has 0 radical (unpaired) electrons. The van der Waals surface area contributed by atoms with Crippen molar-refractivity contribution in [1.29, 1.82) is 5.26 Å². The number of nitriles is 1. The highest BCUT2D eigenvalue weighted by molar-refractivity contribution is 6.22. The molecule has 1 aromatic carbocycles. The van der Waals surface area contributed by atoms with Crippen molar-refractivity contribution in [2.75, 3.05) is 4.90 Å². The number of nitrogens with zero attached hydrogens (tertiary/aromatic N) is 2. The lowest BCUT2D eigenvalue weighted by Gasteiger charge is -2.17. The quantitative estimate of drug-likeness (QED) is 0.773. The second kappa shape index (κ2) is 4.75. The van der Waals surface area contributed by atoms with Crippen molar-refractivity contribution in [2.24, 2.45) is 17.8 Å². The summed E-state index contributed by atoms with van der Waals surface area (Å²) in [5, 5.41) is 8.65. The number of carbonyl (C=O) groups excluding carboxylic acids is 2. The Bertz CT molecular complexity index is 576. The average Bonchev–Trinajstić information content (AvgIpc) is 2.91. The van der Waals surface area contributed by atoms with Gasteiger partial charge in [0.25, 0.3) is 0 Å². The molecular weight excluding hydrogens is 252 g/mol. The van der Waals surface area contributed by atoms with Crippen LogP contribution in [-0.4, -0.2) is 11.8 Å². The summed E-state index contributed by atoms with van der Waals surface area (Å²) in [5.41, 5.74) is 1.52. The summed E-state index contributed by atoms with van der Waals surface area (Å²) in [4.78, 5) is 26.1. The minimum absolute atomic E-state index is 0.0580. The molecule has 1 saturated heterocycles. The van der Waals surface area contributed by atoms with Gasteiger partial charge >= 0.3 is 0 Å². The van der Waals surface area contributed by atoms with Crippen molar-refractivity contribution >= 4 is 17.5 Å². The van der Waals surface area contributed by atoms with Crippen LogP contribution in [0.1, 0.15) is 25.3 Å². The summed E-state index contributed by atoms with van der Waals surface area (Å²) in [6.07, 6.45) is 1.97. The molecule has 102 valence electrons. The number of benzene rings is 1. The molecule has 1 aromatic rings. The van der Waals surface area contributed by atoms with Crippen LogP contribution < -0.4 is 4.90 Å². The minimum Gasteiger partial charge on any atom is -0.274 e. The Balaban J connectivity index is 1.86. The summed E-state index contributed by atoms with van der Waals surface area (Å²) in [7, 11) is 0. The van der Waals surface area contributed by atoms with E-state index in [1.165, 1.54) is 4.90 Å². The number of amides is 2. The maximum atomic E-state index is 12.4. The number of hydrogen-bond donors (Lipinski definition) is 0. The van der Waals surface area contributed by atoms with E-state index in [0.717, 1.165) is 18.4 Å². The van der Waals surface area contributed by atoms with Gasteiger partial charge in [-0.05, 0) is 36.5 Å². The fourth-order valence-electron chi connectivity index (χ4n) is 3.39. The van der Waals surface area contributed by atoms with Crippen LogP contribution in [0.3, 0.4) is 0 Å². The summed E-state index contributed by atoms with van der Waals surface area (Å²) in [6, 6.07) is 9.20. The zero-order chi connectivity index (χ0) is 14.3. The molecule has 2 fully saturated rings. The Morgan fingerprint density at radius 1 is 1.15 bits per heavy atom. The van der Waals surface area contributed by atoms with Crippen molar-refractivity contribution < 1.29 is 9.59 Å². The highest BCUT2D eigenvalue weighted by Gasteiger charge is 2.52. The number of imide groups is 1. The van der Waals surface area contributed by atoms with E-state index in [0.29, 0.717) is 18.0 Å². The molecule has 0 aromatic heterocycles. The number of fused-ring (bicyclic) bond motifs is 1. The lowest BCUT2D eigenvalue weighted by Crippen LogP contribution is -2.32. The van der Waals surface area contributed by atoms with Gasteiger partial charge < -0.3 is 0 Å². The van der Waals surface area contributed by atoms with Gasteiger partial charge in [0.2, 0.25) is 11.8 Å². The third kappa shape index (κ3) is 1.90. The van der Waals surface area contributed by atoms with E-state index in [2.05, 4.69) is 13.0 Å². The van der Waals surface area contributed by atoms with Gasteiger partial charge in [0.1, 0.15) is 0 Å². The molecule has 2 aliphatic rings. The molecule has 4 heteroatoms. The smallest absolute Gasteiger partial charge is 0.237 e. The standard InChI is InChI=1S/C16H16N2O2/c1-10-8-13-14(9-10)16(20)18(15(13)19)12-4-2-11(3-5-12)6-7-17/h2-5,10,13-14H,6,8-9H2,1H3. The van der Waals surface area contributed by atoms with Gasteiger partial charge in [-0.2, -0.15) is 5.26 Å². The Morgan fingerprint density at radius 3 is 2.20 bits per heavy atom. The summed E-state index contributed by atoms with van der Waals surface area (Å²) in [5.74, 6) is 0.0837. The van der Waals surface area contributed by atoms with Gasteiger partial charge in [-0.1, -0.05) is 19.1 Å². The second-order valence-corrected chi connectivity index (χ2v) is 5.80. The number of anilines is 1. The predicted molar refractivity (Wildman–Crippen MR) is 73.6 cm³/mol. The molecule has 2 atom stereocenters. The van der Waals surface area contributed by atoms with Crippen molar-refractivity contribution in [3.05, 3.63) is 29.8 Å². The van der Waals surface area contributed by atoms with E-state index in [1.807, 2.05) is 0 Å². The molecule has 1 aliphatic heterocycles. The third-order valence-electron chi connectivity index (χ3n) is 4.35. The van der Waals surface area contributed by atoms with E-state index in [4.69, 9.17) is 5.26 Å². The molecule has 0 spiro atoms. The summed E-state index contributed by atoms with van der Waals surface area (Å²) < 4.78 is 0. The van der Waals surface area contributed by atoms with Crippen LogP contribution in [0, 0.1) is 29.1 Å². The molecule has 1 heterocycles. The van der Waals surface area contributed by atoms with Gasteiger partial charge in [-0.15, -0.1) is 0 Å². The van der Waals surface area contributed by atoms with Crippen molar-refractivity contribution in [3.63, 3.8) is 0 Å². The monoisotopic (exact) mass is 268 g/mol. The Morgan fingerprint density at radius 2 is 1.70 bits per heavy atom. The van der Waals surface area contributed by atoms with Crippen molar-refractivity contribution in [3.8, 4) is 6.07 Å². The molecule has 2 unspecified atom stereocenters. The van der Waals surface area contributed by atoms with Gasteiger partial charge in [-0.3, -0.25) is 14.5 Å². The third-order valence-corrected chi connectivity index (χ3v) is 4.35. The first kappa shape index (κ1) is 12.9. The molecule has 1 aliphatic carbocycles. The van der Waals surface area contributed by atoms with Gasteiger partial charge in [-0.25, -0.2) is 0 Å². The Labute approximate surface area is 118 Å². The Kier molecular flexibility index (Phi) is 3.06. The second-order valence-electron chi connectivity index (χ2n) is 5.80. The predicted octanol–water partition coefficient (Wildman–Crippen LogP) is 2.29. The van der Waals surface area contributed by atoms with E-state index in [9.17, 15) is 9.59 Å². The molecular formula is C16H16N2O2. The molecule has 20 heavy (non-hydrogen) atoms. The molecule has 2 amide bonds. The van der Waals surface area contributed by atoms with Crippen LogP contribution >= 0.6 is 0 Å². The first-order valence-corrected chi connectivity index (χ1v) is 6.95. The highest BCUT2D eigenvalue weighted by atomic mass is 16.2. The topological polar surface area (TPSA) is 61.2 Å². The van der Waals surface area contributed by atoms with E-state index in [-0.39, 0.29) is 23.7 Å². The van der Waals surface area contributed by atoms with Gasteiger partial charge in [0.05, 0.1) is 30.0 Å². The maximum Gasteiger partial charge on any atom is 0.237 e. The highest BCUT2D eigenvalue weighted by Crippen LogP contribution is 2.44. The first-order chi connectivity index (χ1) is 9.61. The summed E-state index contributed by atoms with van der Waals surface area (Å²) in [6.45, 7) is 2.10. The van der Waals surface area contributed by atoms with Crippen LogP contribution in [0.2, 0.25) is 0 Å². The van der Waals surface area contributed by atoms with Crippen LogP contribution in [0.5, 0.6) is 0 Å². The first-order valence-electron chi connectivity index (χ1n) is 6.95. The van der Waals surface area contributed by atoms with Crippen LogP contribution in [0.15, 0.2) is 24.3 Å². The fraction of sp³-hybridized carbons (Fsp3) is 0.438. The van der Waals surface area contributed by atoms with Crippen LogP contribution in [0.25, 0.3) is 0 Å². The minimum atomic E-state index is -0.128. The van der Waals surface area contributed by atoms with Gasteiger partial charge in [0, 0.05) is 0 Å². The lowest BCUT2D eigenvalue weighted by atomic mass is 10.00. The average molecular weight is 268 g/mol. The number of carbonyl (C=O) groups is 2. The van der Waals surface area contributed by atoms with Crippen LogP contribution in [-0.2, 0) is 16.0 Å². The molecule has 0 N–H and O–H groups in total. The largest absolute Gasteiger partial charge is 0.274 e. The van der Waals surface area contributed by atoms with E-state index >= 15 is 0 Å². The fourth-order valence-corrected chi connectivity index (χ4v) is 3.39. The molecule has 4 nitrogen and oxygen atoms in total. The van der Waals surface area contributed by atoms with E-state index < -0.39 is 0 Å². The molecule has 3 rings (SSSR count). The lowest BCUT2D eigenvalue weighted by molar-refractivity contribution is -0.123. The Hall–Kier alpha value is -2.15. The van der Waals surface area contributed by atoms with Crippen molar-refractivity contribution in [1.82, 2.24) is 0 Å². The van der Waals surface area contributed by atoms with Crippen LogP contribution in [0.4, 0.5) is 5.69 Å². The zero-order valence-corrected chi connectivity index (χ0v) is 11.4.